The lowest BCUT2D eigenvalue weighted by atomic mass is 10.0. The van der Waals surface area contributed by atoms with Crippen LogP contribution in [0.5, 0.6) is 0 Å². The van der Waals surface area contributed by atoms with Crippen LogP contribution in [0.4, 0.5) is 17.1 Å². The highest BCUT2D eigenvalue weighted by Gasteiger charge is 2.16. The van der Waals surface area contributed by atoms with E-state index in [9.17, 15) is 15.2 Å². The van der Waals surface area contributed by atoms with Gasteiger partial charge in [-0.25, -0.2) is 4.79 Å². The van der Waals surface area contributed by atoms with Crippen LogP contribution in [0, 0.1) is 17.2 Å². The second-order valence-corrected chi connectivity index (χ2v) is 12.9. The Labute approximate surface area is 291 Å². The third-order valence-electron chi connectivity index (χ3n) is 9.06. The quantitative estimate of drug-likeness (QED) is 0.111. The number of fused-ring (bicyclic) bond motifs is 3. The maximum atomic E-state index is 11.4. The molecule has 0 aliphatic rings. The van der Waals surface area contributed by atoms with E-state index in [2.05, 4.69) is 126 Å². The van der Waals surface area contributed by atoms with Crippen molar-refractivity contribution in [2.75, 3.05) is 4.90 Å². The van der Waals surface area contributed by atoms with Crippen molar-refractivity contribution in [3.05, 3.63) is 145 Å². The van der Waals surface area contributed by atoms with Crippen LogP contribution in [0.2, 0.25) is 0 Å². The first-order chi connectivity index (χ1) is 24.4. The molecule has 0 aliphatic carbocycles. The van der Waals surface area contributed by atoms with Gasteiger partial charge < -0.3 is 19.0 Å². The minimum Gasteiger partial charge on any atom is -0.477 e. The van der Waals surface area contributed by atoms with Gasteiger partial charge >= 0.3 is 5.97 Å². The van der Waals surface area contributed by atoms with Gasteiger partial charge in [0.15, 0.2) is 0 Å². The molecule has 2 aromatic heterocycles. The lowest BCUT2D eigenvalue weighted by Gasteiger charge is -2.25. The number of anilines is 3. The van der Waals surface area contributed by atoms with E-state index in [1.807, 2.05) is 24.3 Å². The largest absolute Gasteiger partial charge is 0.477 e. The summed E-state index contributed by atoms with van der Waals surface area (Å²) in [6.45, 7) is 5.44. The Morgan fingerprint density at radius 1 is 0.760 bits per heavy atom. The first kappa shape index (κ1) is 32.2. The SMILES string of the molecule is CC(C)CCCn1c2ccc(-c3ccc(N(c4ccccc4)c4ccccc4)cc3)cc2c2cc(-c3ccc(C=C(C#N)C(=O)O)o3)ccc21. The van der Waals surface area contributed by atoms with E-state index in [-0.39, 0.29) is 5.57 Å². The molecule has 0 saturated carbocycles. The van der Waals surface area contributed by atoms with Gasteiger partial charge in [0.05, 0.1) is 0 Å². The van der Waals surface area contributed by atoms with Gasteiger partial charge in [0.1, 0.15) is 23.2 Å². The summed E-state index contributed by atoms with van der Waals surface area (Å²) in [4.78, 5) is 13.6. The van der Waals surface area contributed by atoms with E-state index >= 15 is 0 Å². The molecule has 6 heteroatoms. The third kappa shape index (κ3) is 6.54. The van der Waals surface area contributed by atoms with E-state index in [1.165, 1.54) is 11.6 Å². The van der Waals surface area contributed by atoms with Crippen molar-refractivity contribution < 1.29 is 14.3 Å². The molecule has 5 aromatic carbocycles. The molecule has 2 heterocycles. The van der Waals surface area contributed by atoms with Gasteiger partial charge in [-0.15, -0.1) is 0 Å². The zero-order valence-corrected chi connectivity index (χ0v) is 28.1. The lowest BCUT2D eigenvalue weighted by Crippen LogP contribution is -2.09. The lowest BCUT2D eigenvalue weighted by molar-refractivity contribution is -0.132. The number of rotatable bonds is 11. The van der Waals surface area contributed by atoms with Gasteiger partial charge in [-0.2, -0.15) is 5.26 Å². The van der Waals surface area contributed by atoms with Gasteiger partial charge in [-0.3, -0.25) is 0 Å². The zero-order valence-electron chi connectivity index (χ0n) is 28.1. The Hall–Kier alpha value is -6.32. The molecule has 7 rings (SSSR count). The Kier molecular flexibility index (Phi) is 9.05. The molecule has 0 amide bonds. The van der Waals surface area contributed by atoms with Crippen LogP contribution in [-0.2, 0) is 11.3 Å². The topological polar surface area (TPSA) is 82.4 Å². The summed E-state index contributed by atoms with van der Waals surface area (Å²) >= 11 is 0. The highest BCUT2D eigenvalue weighted by Crippen LogP contribution is 2.38. The number of carboxylic acid groups (broad SMARTS) is 1. The second kappa shape index (κ2) is 14.0. The molecule has 0 atom stereocenters. The van der Waals surface area contributed by atoms with Crippen molar-refractivity contribution in [2.45, 2.75) is 33.2 Å². The minimum absolute atomic E-state index is 0.319. The fourth-order valence-corrected chi connectivity index (χ4v) is 6.61. The number of nitriles is 1. The van der Waals surface area contributed by atoms with Gasteiger partial charge in [-0.05, 0) is 109 Å². The van der Waals surface area contributed by atoms with Crippen molar-refractivity contribution in [3.63, 3.8) is 0 Å². The van der Waals surface area contributed by atoms with Crippen molar-refractivity contribution in [2.24, 2.45) is 5.92 Å². The number of nitrogens with zero attached hydrogens (tertiary/aromatic N) is 3. The molecule has 0 saturated heterocycles. The predicted octanol–water partition coefficient (Wildman–Crippen LogP) is 11.6. The molecule has 0 radical (unpaired) electrons. The number of hydrogen-bond acceptors (Lipinski definition) is 4. The molecule has 1 N–H and O–H groups in total. The number of aromatic nitrogens is 1. The first-order valence-corrected chi connectivity index (χ1v) is 16.9. The second-order valence-electron chi connectivity index (χ2n) is 12.9. The standard InChI is InChI=1S/C44H37N3O3/c1-30(2)10-9-25-46-41-22-17-32(31-15-19-37(20-16-31)47(35-11-5-3-6-12-35)36-13-7-4-8-14-36)27-39(41)40-28-33(18-23-42(40)46)43-24-21-38(50-43)26-34(29-45)44(48)49/h3-8,11-24,26-28,30H,9-10,25H2,1-2H3,(H,48,49). The highest BCUT2D eigenvalue weighted by molar-refractivity contribution is 6.10. The van der Waals surface area contributed by atoms with Crippen molar-refractivity contribution in [1.82, 2.24) is 4.57 Å². The third-order valence-corrected chi connectivity index (χ3v) is 9.06. The average Bonchev–Trinajstić information content (AvgIpc) is 3.74. The summed E-state index contributed by atoms with van der Waals surface area (Å²) in [5, 5.41) is 20.7. The summed E-state index contributed by atoms with van der Waals surface area (Å²) in [7, 11) is 0. The molecule has 0 unspecified atom stereocenters. The summed E-state index contributed by atoms with van der Waals surface area (Å²) in [6, 6.07) is 47.8. The number of carboxylic acids is 1. The number of benzene rings is 5. The average molecular weight is 656 g/mol. The molecule has 50 heavy (non-hydrogen) atoms. The van der Waals surface area contributed by atoms with E-state index in [4.69, 9.17) is 4.42 Å². The van der Waals surface area contributed by atoms with Crippen LogP contribution in [0.3, 0.4) is 0 Å². The molecular weight excluding hydrogens is 619 g/mol. The van der Waals surface area contributed by atoms with E-state index in [0.717, 1.165) is 69.4 Å². The normalized spacial score (nSPS) is 11.7. The number of aryl methyl sites for hydroxylation is 1. The maximum absolute atomic E-state index is 11.4. The Balaban J connectivity index is 1.29. The number of carbonyl (C=O) groups is 1. The summed E-state index contributed by atoms with van der Waals surface area (Å²) in [5.41, 5.74) is 8.38. The Morgan fingerprint density at radius 2 is 1.32 bits per heavy atom. The zero-order chi connectivity index (χ0) is 34.6. The van der Waals surface area contributed by atoms with Crippen molar-refractivity contribution in [3.8, 4) is 28.5 Å². The number of aliphatic carboxylic acids is 1. The van der Waals surface area contributed by atoms with E-state index < -0.39 is 5.97 Å². The summed E-state index contributed by atoms with van der Waals surface area (Å²) < 4.78 is 8.42. The summed E-state index contributed by atoms with van der Waals surface area (Å²) in [5.74, 6) is 0.273. The van der Waals surface area contributed by atoms with Crippen LogP contribution >= 0.6 is 0 Å². The van der Waals surface area contributed by atoms with Crippen molar-refractivity contribution >= 4 is 50.9 Å². The fourth-order valence-electron chi connectivity index (χ4n) is 6.61. The molecule has 246 valence electrons. The Bertz CT molecular complexity index is 2320. The fraction of sp³-hybridized carbons (Fsp3) is 0.136. The van der Waals surface area contributed by atoms with Gasteiger partial charge in [0, 0.05) is 57.1 Å². The smallest absolute Gasteiger partial charge is 0.346 e. The van der Waals surface area contributed by atoms with Gasteiger partial charge in [-0.1, -0.05) is 68.4 Å². The highest BCUT2D eigenvalue weighted by atomic mass is 16.4. The van der Waals surface area contributed by atoms with E-state index in [1.54, 1.807) is 12.1 Å². The monoisotopic (exact) mass is 655 g/mol. The van der Waals surface area contributed by atoms with Crippen LogP contribution in [0.25, 0.3) is 50.3 Å². The first-order valence-electron chi connectivity index (χ1n) is 16.9. The number of furan rings is 1. The predicted molar refractivity (Wildman–Crippen MR) is 203 cm³/mol. The van der Waals surface area contributed by atoms with Gasteiger partial charge in [0.2, 0.25) is 0 Å². The molecular formula is C44H37N3O3. The molecule has 0 aliphatic heterocycles. The van der Waals surface area contributed by atoms with Crippen LogP contribution < -0.4 is 4.90 Å². The molecule has 0 bridgehead atoms. The summed E-state index contributed by atoms with van der Waals surface area (Å²) in [6.07, 6.45) is 3.48. The van der Waals surface area contributed by atoms with Crippen LogP contribution in [0.1, 0.15) is 32.4 Å². The Morgan fingerprint density at radius 3 is 1.90 bits per heavy atom. The van der Waals surface area contributed by atoms with Crippen LogP contribution in [0.15, 0.2) is 143 Å². The number of para-hydroxylation sites is 2. The van der Waals surface area contributed by atoms with Crippen LogP contribution in [-0.4, -0.2) is 15.6 Å². The molecule has 0 spiro atoms. The van der Waals surface area contributed by atoms with E-state index in [0.29, 0.717) is 17.4 Å². The van der Waals surface area contributed by atoms with Crippen molar-refractivity contribution in [1.29, 1.82) is 5.26 Å². The molecule has 6 nitrogen and oxygen atoms in total. The number of hydrogen-bond donors (Lipinski definition) is 1. The minimum atomic E-state index is -1.28. The van der Waals surface area contributed by atoms with Gasteiger partial charge in [0.25, 0.3) is 0 Å². The molecule has 7 aromatic rings. The molecule has 0 fully saturated rings. The maximum Gasteiger partial charge on any atom is 0.346 e.